The molecule has 0 aromatic heterocycles. The van der Waals surface area contributed by atoms with Gasteiger partial charge >= 0.3 is 0 Å². The van der Waals surface area contributed by atoms with E-state index in [0.29, 0.717) is 0 Å². The van der Waals surface area contributed by atoms with Gasteiger partial charge in [-0.05, 0) is 49.4 Å². The molecular formula is C22H28ClNO. The summed E-state index contributed by atoms with van der Waals surface area (Å²) in [5.41, 5.74) is 2.61. The zero-order valence-electron chi connectivity index (χ0n) is 15.6. The number of carbonyl (C=O) groups is 1. The summed E-state index contributed by atoms with van der Waals surface area (Å²) >= 11 is 6.17. The lowest BCUT2D eigenvalue weighted by Crippen LogP contribution is -2.43. The quantitative estimate of drug-likeness (QED) is 0.649. The van der Waals surface area contributed by atoms with Crippen LogP contribution in [0.3, 0.4) is 0 Å². The fraction of sp³-hybridized carbons (Fsp3) is 0.409. The van der Waals surface area contributed by atoms with E-state index in [-0.39, 0.29) is 11.9 Å². The van der Waals surface area contributed by atoms with Crippen molar-refractivity contribution < 1.29 is 4.79 Å². The average Bonchev–Trinajstić information content (AvgIpc) is 2.62. The Hall–Kier alpha value is -1.80. The van der Waals surface area contributed by atoms with Crippen molar-refractivity contribution in [1.82, 2.24) is 5.32 Å². The molecule has 0 aliphatic heterocycles. The fourth-order valence-electron chi connectivity index (χ4n) is 3.30. The van der Waals surface area contributed by atoms with Crippen LogP contribution in [0.2, 0.25) is 5.02 Å². The highest BCUT2D eigenvalue weighted by Gasteiger charge is 2.35. The molecule has 0 aliphatic carbocycles. The Kier molecular flexibility index (Phi) is 6.66. The zero-order valence-corrected chi connectivity index (χ0v) is 16.4. The molecule has 2 nitrogen and oxygen atoms in total. The van der Waals surface area contributed by atoms with E-state index in [0.717, 1.165) is 41.0 Å². The van der Waals surface area contributed by atoms with E-state index in [2.05, 4.69) is 31.3 Å². The van der Waals surface area contributed by atoms with Gasteiger partial charge in [-0.25, -0.2) is 0 Å². The van der Waals surface area contributed by atoms with E-state index in [1.165, 1.54) is 0 Å². The Balaban J connectivity index is 2.31. The first-order valence-electron chi connectivity index (χ1n) is 9.05. The van der Waals surface area contributed by atoms with Gasteiger partial charge in [0.05, 0.1) is 11.5 Å². The van der Waals surface area contributed by atoms with E-state index >= 15 is 0 Å². The summed E-state index contributed by atoms with van der Waals surface area (Å²) in [5.74, 6) is 0.0757. The molecule has 0 saturated carbocycles. The lowest BCUT2D eigenvalue weighted by molar-refractivity contribution is -0.127. The minimum Gasteiger partial charge on any atom is -0.349 e. The molecule has 0 radical (unpaired) electrons. The smallest absolute Gasteiger partial charge is 0.230 e. The molecule has 25 heavy (non-hydrogen) atoms. The van der Waals surface area contributed by atoms with E-state index in [9.17, 15) is 4.79 Å². The maximum absolute atomic E-state index is 13.3. The normalized spacial score (nSPS) is 14.6. The SMILES string of the molecule is CCCC(C)(C(=O)N[C@@H](CC)c1ccccc1)c1ccc(Cl)c(C)c1. The maximum Gasteiger partial charge on any atom is 0.230 e. The zero-order chi connectivity index (χ0) is 18.4. The molecule has 0 saturated heterocycles. The third-order valence-electron chi connectivity index (χ3n) is 4.96. The van der Waals surface area contributed by atoms with Gasteiger partial charge in [-0.15, -0.1) is 0 Å². The second-order valence-corrected chi connectivity index (χ2v) is 7.30. The highest BCUT2D eigenvalue weighted by Crippen LogP contribution is 2.33. The third kappa shape index (κ3) is 4.43. The van der Waals surface area contributed by atoms with Gasteiger partial charge in [0.2, 0.25) is 5.91 Å². The summed E-state index contributed by atoms with van der Waals surface area (Å²) in [6.07, 6.45) is 2.59. The Morgan fingerprint density at radius 3 is 2.40 bits per heavy atom. The number of rotatable bonds is 7. The number of nitrogens with one attached hydrogen (secondary N) is 1. The van der Waals surface area contributed by atoms with Gasteiger partial charge < -0.3 is 5.32 Å². The van der Waals surface area contributed by atoms with Crippen molar-refractivity contribution in [2.24, 2.45) is 0 Å². The molecule has 2 aromatic carbocycles. The molecule has 2 aromatic rings. The van der Waals surface area contributed by atoms with Gasteiger partial charge in [-0.3, -0.25) is 4.79 Å². The molecule has 0 heterocycles. The van der Waals surface area contributed by atoms with Crippen LogP contribution in [0.5, 0.6) is 0 Å². The first-order chi connectivity index (χ1) is 11.9. The summed E-state index contributed by atoms with van der Waals surface area (Å²) < 4.78 is 0. The minimum absolute atomic E-state index is 0.0262. The number of halogens is 1. The molecule has 0 fully saturated rings. The Bertz CT molecular complexity index is 713. The van der Waals surface area contributed by atoms with Crippen molar-refractivity contribution >= 4 is 17.5 Å². The van der Waals surface area contributed by atoms with Crippen LogP contribution in [0.1, 0.15) is 62.8 Å². The van der Waals surface area contributed by atoms with E-state index in [1.807, 2.05) is 50.2 Å². The van der Waals surface area contributed by atoms with E-state index in [4.69, 9.17) is 11.6 Å². The van der Waals surface area contributed by atoms with Gasteiger partial charge in [0.15, 0.2) is 0 Å². The van der Waals surface area contributed by atoms with E-state index in [1.54, 1.807) is 0 Å². The summed E-state index contributed by atoms with van der Waals surface area (Å²) in [6, 6.07) is 16.1. The van der Waals surface area contributed by atoms with Gasteiger partial charge in [0.25, 0.3) is 0 Å². The second-order valence-electron chi connectivity index (χ2n) is 6.89. The molecule has 0 spiro atoms. The molecule has 0 aliphatic rings. The van der Waals surface area contributed by atoms with Crippen LogP contribution in [0.4, 0.5) is 0 Å². The van der Waals surface area contributed by atoms with Crippen LogP contribution < -0.4 is 5.32 Å². The second kappa shape index (κ2) is 8.53. The standard InChI is InChI=1S/C22H28ClNO/c1-5-14-22(4,18-12-13-19(23)16(3)15-18)21(25)24-20(6-2)17-10-8-7-9-11-17/h7-13,15,20H,5-6,14H2,1-4H3,(H,24,25)/t20-,22?/m0/s1. The molecule has 134 valence electrons. The van der Waals surface area contributed by atoms with Crippen molar-refractivity contribution in [3.8, 4) is 0 Å². The first-order valence-corrected chi connectivity index (χ1v) is 9.42. The number of benzene rings is 2. The Morgan fingerprint density at radius 2 is 1.84 bits per heavy atom. The van der Waals surface area contributed by atoms with Crippen LogP contribution in [-0.2, 0) is 10.2 Å². The summed E-state index contributed by atoms with van der Waals surface area (Å²) in [5, 5.41) is 4.00. The fourth-order valence-corrected chi connectivity index (χ4v) is 3.42. The topological polar surface area (TPSA) is 29.1 Å². The van der Waals surface area contributed by atoms with Crippen molar-refractivity contribution in [2.75, 3.05) is 0 Å². The van der Waals surface area contributed by atoms with Crippen molar-refractivity contribution in [3.63, 3.8) is 0 Å². The van der Waals surface area contributed by atoms with Gasteiger partial charge in [0, 0.05) is 5.02 Å². The lowest BCUT2D eigenvalue weighted by Gasteiger charge is -2.31. The van der Waals surface area contributed by atoms with Gasteiger partial charge in [0.1, 0.15) is 0 Å². The highest BCUT2D eigenvalue weighted by atomic mass is 35.5. The van der Waals surface area contributed by atoms with Crippen LogP contribution in [0, 0.1) is 6.92 Å². The van der Waals surface area contributed by atoms with Gasteiger partial charge in [-0.2, -0.15) is 0 Å². The van der Waals surface area contributed by atoms with Crippen molar-refractivity contribution in [1.29, 1.82) is 0 Å². The predicted molar refractivity (Wildman–Crippen MR) is 106 cm³/mol. The van der Waals surface area contributed by atoms with E-state index < -0.39 is 5.41 Å². The third-order valence-corrected chi connectivity index (χ3v) is 5.39. The van der Waals surface area contributed by atoms with Gasteiger partial charge in [-0.1, -0.05) is 74.3 Å². The molecular weight excluding hydrogens is 330 g/mol. The summed E-state index contributed by atoms with van der Waals surface area (Å²) in [4.78, 5) is 13.3. The number of hydrogen-bond donors (Lipinski definition) is 1. The molecule has 1 unspecified atom stereocenters. The number of hydrogen-bond acceptors (Lipinski definition) is 1. The summed E-state index contributed by atoms with van der Waals surface area (Å²) in [6.45, 7) is 8.23. The van der Waals surface area contributed by atoms with Crippen LogP contribution in [-0.4, -0.2) is 5.91 Å². The first kappa shape index (κ1) is 19.5. The Labute approximate surface area is 156 Å². The maximum atomic E-state index is 13.3. The molecule has 1 N–H and O–H groups in total. The highest BCUT2D eigenvalue weighted by molar-refractivity contribution is 6.31. The van der Waals surface area contributed by atoms with Crippen molar-refractivity contribution in [2.45, 2.75) is 58.4 Å². The molecule has 2 rings (SSSR count). The number of carbonyl (C=O) groups excluding carboxylic acids is 1. The lowest BCUT2D eigenvalue weighted by atomic mass is 9.77. The number of amides is 1. The average molecular weight is 358 g/mol. The van der Waals surface area contributed by atoms with Crippen LogP contribution in [0.25, 0.3) is 0 Å². The predicted octanol–water partition coefficient (Wildman–Crippen LogP) is 5.97. The van der Waals surface area contributed by atoms with Crippen molar-refractivity contribution in [3.05, 3.63) is 70.2 Å². The van der Waals surface area contributed by atoms with Crippen LogP contribution >= 0.6 is 11.6 Å². The molecule has 2 atom stereocenters. The van der Waals surface area contributed by atoms with Crippen LogP contribution in [0.15, 0.2) is 48.5 Å². The monoisotopic (exact) mass is 357 g/mol. The summed E-state index contributed by atoms with van der Waals surface area (Å²) in [7, 11) is 0. The molecule has 0 bridgehead atoms. The molecule has 3 heteroatoms. The Morgan fingerprint density at radius 1 is 1.16 bits per heavy atom. The largest absolute Gasteiger partial charge is 0.349 e. The minimum atomic E-state index is -0.563. The molecule has 1 amide bonds. The number of aryl methyl sites for hydroxylation is 1.